The van der Waals surface area contributed by atoms with Crippen LogP contribution in [0, 0.1) is 20.2 Å². The zero-order chi connectivity index (χ0) is 22.3. The first-order valence-corrected chi connectivity index (χ1v) is 10.2. The van der Waals surface area contributed by atoms with Crippen LogP contribution in [0.3, 0.4) is 0 Å². The first kappa shape index (κ1) is 24.9. The van der Waals surface area contributed by atoms with Gasteiger partial charge in [-0.1, -0.05) is 0 Å². The lowest BCUT2D eigenvalue weighted by molar-refractivity contribution is -0.393. The second-order valence-electron chi connectivity index (χ2n) is 6.65. The van der Waals surface area contributed by atoms with Crippen LogP contribution in [-0.2, 0) is 23.7 Å². The molecule has 1 heterocycles. The second-order valence-corrected chi connectivity index (χ2v) is 6.65. The summed E-state index contributed by atoms with van der Waals surface area (Å²) >= 11 is 0. The number of rotatable bonds is 16. The minimum absolute atomic E-state index is 0.105. The number of nitrogens with zero attached hydrogens (tertiary/aromatic N) is 2. The van der Waals surface area contributed by atoms with Crippen LogP contribution >= 0.6 is 0 Å². The number of benzene rings is 1. The molecule has 31 heavy (non-hydrogen) atoms. The molecule has 174 valence electrons. The van der Waals surface area contributed by atoms with E-state index in [9.17, 15) is 20.2 Å². The van der Waals surface area contributed by atoms with Crippen molar-refractivity contribution in [3.63, 3.8) is 0 Å². The third kappa shape index (κ3) is 9.98. The average molecular weight is 443 g/mol. The van der Waals surface area contributed by atoms with Gasteiger partial charge in [-0.05, 0) is 25.3 Å². The molecule has 1 N–H and O–H groups in total. The predicted molar refractivity (Wildman–Crippen MR) is 110 cm³/mol. The fourth-order valence-corrected chi connectivity index (χ4v) is 2.82. The number of ether oxygens (including phenoxy) is 5. The van der Waals surface area contributed by atoms with E-state index in [0.717, 1.165) is 31.9 Å². The van der Waals surface area contributed by atoms with Crippen LogP contribution in [-0.4, -0.2) is 75.5 Å². The van der Waals surface area contributed by atoms with E-state index in [1.54, 1.807) is 0 Å². The predicted octanol–water partition coefficient (Wildman–Crippen LogP) is 2.51. The topological polar surface area (TPSA) is 144 Å². The van der Waals surface area contributed by atoms with E-state index in [2.05, 4.69) is 5.32 Å². The highest BCUT2D eigenvalue weighted by atomic mass is 16.7. The average Bonchev–Trinajstić information content (AvgIpc) is 2.77. The molecular weight excluding hydrogens is 414 g/mol. The summed E-state index contributed by atoms with van der Waals surface area (Å²) in [5.74, 6) is 0. The van der Waals surface area contributed by atoms with Crippen LogP contribution in [0.15, 0.2) is 18.2 Å². The van der Waals surface area contributed by atoms with Crippen molar-refractivity contribution >= 4 is 17.1 Å². The Morgan fingerprint density at radius 1 is 0.935 bits per heavy atom. The quantitative estimate of drug-likeness (QED) is 0.230. The summed E-state index contributed by atoms with van der Waals surface area (Å²) in [6.07, 6.45) is 3.06. The molecule has 1 aromatic carbocycles. The number of non-ortho nitro benzene ring substituents is 1. The van der Waals surface area contributed by atoms with Gasteiger partial charge in [-0.25, -0.2) is 0 Å². The van der Waals surface area contributed by atoms with Crippen molar-refractivity contribution in [2.24, 2.45) is 0 Å². The molecule has 2 rings (SSSR count). The third-order valence-electron chi connectivity index (χ3n) is 4.36. The van der Waals surface area contributed by atoms with Gasteiger partial charge in [-0.15, -0.1) is 0 Å². The first-order valence-electron chi connectivity index (χ1n) is 10.2. The van der Waals surface area contributed by atoms with Gasteiger partial charge in [0.05, 0.1) is 62.2 Å². The molecule has 1 unspecified atom stereocenters. The Morgan fingerprint density at radius 3 is 2.23 bits per heavy atom. The molecule has 1 aliphatic rings. The molecule has 1 atom stereocenters. The van der Waals surface area contributed by atoms with Gasteiger partial charge < -0.3 is 29.0 Å². The molecular formula is C19H29N3O9. The van der Waals surface area contributed by atoms with Crippen molar-refractivity contribution in [1.29, 1.82) is 0 Å². The van der Waals surface area contributed by atoms with E-state index in [4.69, 9.17) is 23.7 Å². The van der Waals surface area contributed by atoms with E-state index in [1.165, 1.54) is 12.1 Å². The van der Waals surface area contributed by atoms with Gasteiger partial charge in [0.2, 0.25) is 0 Å². The van der Waals surface area contributed by atoms with Gasteiger partial charge in [0, 0.05) is 19.2 Å². The molecule has 1 aliphatic heterocycles. The molecule has 0 aromatic heterocycles. The zero-order valence-corrected chi connectivity index (χ0v) is 17.4. The molecule has 0 amide bonds. The molecule has 0 radical (unpaired) electrons. The first-order chi connectivity index (χ1) is 15.1. The van der Waals surface area contributed by atoms with Gasteiger partial charge in [0.15, 0.2) is 6.29 Å². The molecule has 0 aliphatic carbocycles. The van der Waals surface area contributed by atoms with Crippen LogP contribution in [0.1, 0.15) is 19.3 Å². The molecule has 12 nitrogen and oxygen atoms in total. The fraction of sp³-hybridized carbons (Fsp3) is 0.684. The monoisotopic (exact) mass is 443 g/mol. The van der Waals surface area contributed by atoms with Crippen molar-refractivity contribution in [3.8, 4) is 0 Å². The van der Waals surface area contributed by atoms with Crippen molar-refractivity contribution in [2.75, 3.05) is 64.7 Å². The smallest absolute Gasteiger partial charge is 0.299 e. The molecule has 0 bridgehead atoms. The Labute approximate surface area is 180 Å². The normalized spacial score (nSPS) is 16.2. The number of anilines is 1. The van der Waals surface area contributed by atoms with Crippen molar-refractivity contribution in [1.82, 2.24) is 0 Å². The maximum absolute atomic E-state index is 11.1. The van der Waals surface area contributed by atoms with Gasteiger partial charge in [0.25, 0.3) is 11.4 Å². The van der Waals surface area contributed by atoms with Crippen molar-refractivity contribution in [3.05, 3.63) is 38.4 Å². The summed E-state index contributed by atoms with van der Waals surface area (Å²) in [5.41, 5.74) is -0.485. The molecule has 1 fully saturated rings. The van der Waals surface area contributed by atoms with E-state index >= 15 is 0 Å². The highest BCUT2D eigenvalue weighted by molar-refractivity contribution is 5.65. The van der Waals surface area contributed by atoms with Gasteiger partial charge in [-0.3, -0.25) is 20.2 Å². The van der Waals surface area contributed by atoms with Crippen LogP contribution in [0.5, 0.6) is 0 Å². The summed E-state index contributed by atoms with van der Waals surface area (Å²) in [4.78, 5) is 20.5. The van der Waals surface area contributed by atoms with E-state index in [1.807, 2.05) is 0 Å². The Morgan fingerprint density at radius 2 is 1.61 bits per heavy atom. The molecule has 0 saturated carbocycles. The summed E-state index contributed by atoms with van der Waals surface area (Å²) < 4.78 is 27.2. The van der Waals surface area contributed by atoms with E-state index in [-0.39, 0.29) is 23.4 Å². The Hall–Kier alpha value is -2.38. The van der Waals surface area contributed by atoms with Gasteiger partial charge in [-0.2, -0.15) is 0 Å². The van der Waals surface area contributed by atoms with Crippen LogP contribution < -0.4 is 5.32 Å². The molecule has 0 spiro atoms. The summed E-state index contributed by atoms with van der Waals surface area (Å²) in [5, 5.41) is 24.6. The zero-order valence-electron chi connectivity index (χ0n) is 17.4. The highest BCUT2D eigenvalue weighted by Gasteiger charge is 2.19. The van der Waals surface area contributed by atoms with E-state index in [0.29, 0.717) is 52.8 Å². The summed E-state index contributed by atoms with van der Waals surface area (Å²) in [6, 6.07) is 3.45. The van der Waals surface area contributed by atoms with Crippen LogP contribution in [0.4, 0.5) is 17.1 Å². The molecule has 1 saturated heterocycles. The minimum atomic E-state index is -0.675. The second kappa shape index (κ2) is 14.6. The maximum atomic E-state index is 11.1. The standard InChI is InChI=1S/C19H29N3O9/c23-21(24)16-4-5-17(18(15-16)22(25)26)20-6-8-27-9-10-28-11-12-29-13-14-31-19-3-1-2-7-30-19/h4-5,15,19-20H,1-3,6-14H2. The van der Waals surface area contributed by atoms with E-state index < -0.39 is 9.85 Å². The number of nitro benzene ring substituents is 2. The Bertz CT molecular complexity index is 684. The highest BCUT2D eigenvalue weighted by Crippen LogP contribution is 2.28. The van der Waals surface area contributed by atoms with Gasteiger partial charge >= 0.3 is 0 Å². The van der Waals surface area contributed by atoms with Crippen molar-refractivity contribution < 1.29 is 33.5 Å². The lowest BCUT2D eigenvalue weighted by Crippen LogP contribution is -2.24. The number of nitrogens with one attached hydrogen (secondary N) is 1. The third-order valence-corrected chi connectivity index (χ3v) is 4.36. The maximum Gasteiger partial charge on any atom is 0.299 e. The van der Waals surface area contributed by atoms with Gasteiger partial charge in [0.1, 0.15) is 5.69 Å². The Balaban J connectivity index is 1.43. The summed E-state index contributed by atoms with van der Waals surface area (Å²) in [7, 11) is 0. The number of hydrogen-bond acceptors (Lipinski definition) is 10. The van der Waals surface area contributed by atoms with Crippen LogP contribution in [0.2, 0.25) is 0 Å². The summed E-state index contributed by atoms with van der Waals surface area (Å²) in [6.45, 7) is 4.01. The van der Waals surface area contributed by atoms with Crippen LogP contribution in [0.25, 0.3) is 0 Å². The Kier molecular flexibility index (Phi) is 11.7. The lowest BCUT2D eigenvalue weighted by Gasteiger charge is -2.22. The number of nitro groups is 2. The minimum Gasteiger partial charge on any atom is -0.377 e. The fourth-order valence-electron chi connectivity index (χ4n) is 2.82. The van der Waals surface area contributed by atoms with Crippen molar-refractivity contribution in [2.45, 2.75) is 25.6 Å². The molecule has 12 heteroatoms. The number of hydrogen-bond donors (Lipinski definition) is 1. The SMILES string of the molecule is O=[N+]([O-])c1ccc(NCCOCCOCCOCCOC2CCCCO2)c([N+](=O)[O-])c1. The largest absolute Gasteiger partial charge is 0.377 e. The lowest BCUT2D eigenvalue weighted by atomic mass is 10.2. The molecule has 1 aromatic rings.